The molecule has 0 spiro atoms. The molecule has 3 N–H and O–H groups in total. The largest absolute Gasteiger partial charge is 0.445 e. The standard InChI is InChI=1S/C32H28N6O3/c39-31(33-23-12-13-23)30-35-25-15-11-21(18-27(25)37-30)9-8-20-10-14-24-26(17-20)36-29(34-24)28-7-4-16-38(28)32(40)41-19-22-5-2-1-3-6-22/h1-3,5-6,10-11,14-15,17-18,23,28H,4,7,12-13,16,19H2,(H,33,39)(H,34,36)(H,35,37)/t28-/m0/s1. The van der Waals surface area contributed by atoms with Crippen LogP contribution < -0.4 is 5.32 Å². The summed E-state index contributed by atoms with van der Waals surface area (Å²) in [7, 11) is 0. The van der Waals surface area contributed by atoms with Crippen LogP contribution in [-0.4, -0.2) is 49.4 Å². The van der Waals surface area contributed by atoms with Crippen LogP contribution in [0.1, 0.15) is 64.9 Å². The van der Waals surface area contributed by atoms with Crippen LogP contribution in [0, 0.1) is 11.8 Å². The Hall–Kier alpha value is -5.10. The third-order valence-electron chi connectivity index (χ3n) is 7.47. The first-order valence-electron chi connectivity index (χ1n) is 13.9. The second-order valence-corrected chi connectivity index (χ2v) is 10.6. The molecule has 2 aromatic heterocycles. The first-order chi connectivity index (χ1) is 20.1. The molecule has 1 aliphatic carbocycles. The van der Waals surface area contributed by atoms with Crippen molar-refractivity contribution >= 4 is 34.1 Å². The van der Waals surface area contributed by atoms with Crippen LogP contribution in [-0.2, 0) is 11.3 Å². The Balaban J connectivity index is 1.06. The van der Waals surface area contributed by atoms with Crippen molar-refractivity contribution in [1.82, 2.24) is 30.2 Å². The lowest BCUT2D eigenvalue weighted by Crippen LogP contribution is -2.31. The predicted octanol–water partition coefficient (Wildman–Crippen LogP) is 5.20. The Kier molecular flexibility index (Phi) is 6.36. The number of amides is 2. The van der Waals surface area contributed by atoms with Crippen molar-refractivity contribution in [3.8, 4) is 11.8 Å². The molecule has 1 aliphatic heterocycles. The van der Waals surface area contributed by atoms with Gasteiger partial charge in [0, 0.05) is 23.7 Å². The van der Waals surface area contributed by atoms with Crippen molar-refractivity contribution in [3.63, 3.8) is 0 Å². The molecule has 2 amide bonds. The van der Waals surface area contributed by atoms with E-state index in [2.05, 4.69) is 32.1 Å². The summed E-state index contributed by atoms with van der Waals surface area (Å²) in [6.07, 6.45) is 3.45. The Bertz CT molecular complexity index is 1830. The van der Waals surface area contributed by atoms with Gasteiger partial charge in [0.2, 0.25) is 0 Å². The molecule has 0 bridgehead atoms. The first-order valence-corrected chi connectivity index (χ1v) is 13.9. The van der Waals surface area contributed by atoms with Gasteiger partial charge in [0.05, 0.1) is 28.1 Å². The van der Waals surface area contributed by atoms with Crippen LogP contribution >= 0.6 is 0 Å². The van der Waals surface area contributed by atoms with Gasteiger partial charge >= 0.3 is 6.09 Å². The van der Waals surface area contributed by atoms with E-state index in [-0.39, 0.29) is 30.7 Å². The van der Waals surface area contributed by atoms with Gasteiger partial charge in [0.15, 0.2) is 5.82 Å². The number of aromatic amines is 2. The van der Waals surface area contributed by atoms with Gasteiger partial charge in [-0.05, 0) is 67.6 Å². The van der Waals surface area contributed by atoms with Gasteiger partial charge in [0.1, 0.15) is 12.4 Å². The van der Waals surface area contributed by atoms with Gasteiger partial charge < -0.3 is 20.0 Å². The van der Waals surface area contributed by atoms with Crippen LogP contribution in [0.15, 0.2) is 66.7 Å². The summed E-state index contributed by atoms with van der Waals surface area (Å²) in [5.41, 5.74) is 5.81. The lowest BCUT2D eigenvalue weighted by molar-refractivity contribution is 0.0908. The normalized spacial score (nSPS) is 16.5. The Morgan fingerprint density at radius 1 is 0.902 bits per heavy atom. The van der Waals surface area contributed by atoms with E-state index in [1.807, 2.05) is 66.7 Å². The quantitative estimate of drug-likeness (QED) is 0.263. The lowest BCUT2D eigenvalue weighted by Gasteiger charge is -2.22. The number of ether oxygens (including phenoxy) is 1. The van der Waals surface area contributed by atoms with Crippen molar-refractivity contribution in [3.05, 3.63) is 95.1 Å². The topological polar surface area (TPSA) is 116 Å². The van der Waals surface area contributed by atoms with Crippen molar-refractivity contribution in [2.24, 2.45) is 0 Å². The van der Waals surface area contributed by atoms with Crippen LogP contribution in [0.4, 0.5) is 4.79 Å². The minimum atomic E-state index is -0.326. The summed E-state index contributed by atoms with van der Waals surface area (Å²) >= 11 is 0. The number of hydrogen-bond donors (Lipinski definition) is 3. The number of carbonyl (C=O) groups is 2. The van der Waals surface area contributed by atoms with Gasteiger partial charge in [-0.25, -0.2) is 14.8 Å². The molecule has 41 heavy (non-hydrogen) atoms. The van der Waals surface area contributed by atoms with Gasteiger partial charge in [0.25, 0.3) is 5.91 Å². The Morgan fingerprint density at radius 3 is 2.34 bits per heavy atom. The fraction of sp³-hybridized carbons (Fsp3) is 0.250. The fourth-order valence-corrected chi connectivity index (χ4v) is 5.16. The molecule has 1 saturated heterocycles. The third kappa shape index (κ3) is 5.37. The van der Waals surface area contributed by atoms with Crippen LogP contribution in [0.2, 0.25) is 0 Å². The van der Waals surface area contributed by atoms with E-state index in [0.29, 0.717) is 12.4 Å². The highest BCUT2D eigenvalue weighted by molar-refractivity contribution is 5.94. The van der Waals surface area contributed by atoms with Gasteiger partial charge in [-0.1, -0.05) is 42.2 Å². The zero-order valence-corrected chi connectivity index (χ0v) is 22.3. The molecular weight excluding hydrogens is 516 g/mol. The molecule has 0 unspecified atom stereocenters. The van der Waals surface area contributed by atoms with Crippen LogP contribution in [0.5, 0.6) is 0 Å². The summed E-state index contributed by atoms with van der Waals surface area (Å²) in [5, 5.41) is 2.95. The molecule has 9 heteroatoms. The van der Waals surface area contributed by atoms with E-state index in [9.17, 15) is 9.59 Å². The van der Waals surface area contributed by atoms with E-state index in [1.54, 1.807) is 4.90 Å². The maximum atomic E-state index is 12.9. The molecular formula is C32H28N6O3. The number of H-pyrrole nitrogens is 2. The maximum Gasteiger partial charge on any atom is 0.410 e. The van der Waals surface area contributed by atoms with E-state index in [4.69, 9.17) is 9.72 Å². The summed E-state index contributed by atoms with van der Waals surface area (Å²) in [5.74, 6) is 7.34. The monoisotopic (exact) mass is 544 g/mol. The van der Waals surface area contributed by atoms with Crippen LogP contribution in [0.25, 0.3) is 22.1 Å². The molecule has 2 fully saturated rings. The van der Waals surface area contributed by atoms with Crippen LogP contribution in [0.3, 0.4) is 0 Å². The SMILES string of the molecule is O=C(NC1CC1)c1nc2ccc(C#Cc3ccc4nc([C@@H]5CCCN5C(=O)OCc5ccccc5)[nH]c4c3)cc2[nH]1. The van der Waals surface area contributed by atoms with E-state index in [1.165, 1.54) is 0 Å². The summed E-state index contributed by atoms with van der Waals surface area (Å²) in [6.45, 7) is 0.884. The molecule has 9 nitrogen and oxygen atoms in total. The second kappa shape index (κ2) is 10.5. The zero-order valence-electron chi connectivity index (χ0n) is 22.3. The smallest absolute Gasteiger partial charge is 0.410 e. The van der Waals surface area contributed by atoms with Crippen molar-refractivity contribution < 1.29 is 14.3 Å². The first kappa shape index (κ1) is 24.9. The number of fused-ring (bicyclic) bond motifs is 2. The molecule has 2 aliphatic rings. The highest BCUT2D eigenvalue weighted by Gasteiger charge is 2.33. The van der Waals surface area contributed by atoms with E-state index in [0.717, 1.165) is 70.3 Å². The maximum absolute atomic E-state index is 12.9. The minimum absolute atomic E-state index is 0.155. The average molecular weight is 545 g/mol. The average Bonchev–Trinajstić information content (AvgIpc) is 3.37. The number of imidazole rings is 2. The highest BCUT2D eigenvalue weighted by atomic mass is 16.6. The van der Waals surface area contributed by atoms with E-state index >= 15 is 0 Å². The number of aromatic nitrogens is 4. The second-order valence-electron chi connectivity index (χ2n) is 10.6. The molecule has 0 radical (unpaired) electrons. The number of likely N-dealkylation sites (tertiary alicyclic amines) is 1. The third-order valence-corrected chi connectivity index (χ3v) is 7.47. The molecule has 7 rings (SSSR count). The number of rotatable bonds is 5. The number of benzene rings is 3. The van der Waals surface area contributed by atoms with Gasteiger partial charge in [-0.15, -0.1) is 0 Å². The number of nitrogens with zero attached hydrogens (tertiary/aromatic N) is 3. The van der Waals surface area contributed by atoms with Gasteiger partial charge in [-0.2, -0.15) is 0 Å². The number of hydrogen-bond acceptors (Lipinski definition) is 5. The van der Waals surface area contributed by atoms with E-state index < -0.39 is 0 Å². The molecule has 3 aromatic carbocycles. The molecule has 3 heterocycles. The Labute approximate surface area is 236 Å². The van der Waals surface area contributed by atoms with Crippen molar-refractivity contribution in [1.29, 1.82) is 0 Å². The highest BCUT2D eigenvalue weighted by Crippen LogP contribution is 2.32. The van der Waals surface area contributed by atoms with Gasteiger partial charge in [-0.3, -0.25) is 9.69 Å². The zero-order chi connectivity index (χ0) is 27.8. The number of nitrogens with one attached hydrogen (secondary N) is 3. The molecule has 1 saturated carbocycles. The van der Waals surface area contributed by atoms with Crippen molar-refractivity contribution in [2.75, 3.05) is 6.54 Å². The lowest BCUT2D eigenvalue weighted by atomic mass is 10.1. The molecule has 5 aromatic rings. The summed E-state index contributed by atoms with van der Waals surface area (Å²) < 4.78 is 5.59. The fourth-order valence-electron chi connectivity index (χ4n) is 5.16. The summed E-state index contributed by atoms with van der Waals surface area (Å²) in [4.78, 5) is 42.7. The minimum Gasteiger partial charge on any atom is -0.445 e. The predicted molar refractivity (Wildman–Crippen MR) is 154 cm³/mol. The van der Waals surface area contributed by atoms with Crippen molar-refractivity contribution in [2.45, 2.75) is 44.4 Å². The summed E-state index contributed by atoms with van der Waals surface area (Å²) in [6, 6.07) is 21.3. The number of carbonyl (C=O) groups excluding carboxylic acids is 2. The molecule has 1 atom stereocenters. The molecule has 204 valence electrons. The Morgan fingerprint density at radius 2 is 1.61 bits per heavy atom.